The highest BCUT2D eigenvalue weighted by Gasteiger charge is 2.17. The molecule has 0 unspecified atom stereocenters. The number of hydrogen-bond donors (Lipinski definition) is 0. The lowest BCUT2D eigenvalue weighted by atomic mass is 10.2. The van der Waals surface area contributed by atoms with E-state index < -0.39 is 0 Å². The third kappa shape index (κ3) is 2.76. The van der Waals surface area contributed by atoms with Crippen LogP contribution in [0.5, 0.6) is 11.5 Å². The fourth-order valence-corrected chi connectivity index (χ4v) is 3.70. The van der Waals surface area contributed by atoms with Crippen LogP contribution >= 0.6 is 11.3 Å². The quantitative estimate of drug-likeness (QED) is 0.709. The fourth-order valence-electron chi connectivity index (χ4n) is 2.68. The zero-order valence-corrected chi connectivity index (χ0v) is 15.0. The van der Waals surface area contributed by atoms with Crippen molar-refractivity contribution in [2.24, 2.45) is 12.0 Å². The molecule has 4 rings (SSSR count). The van der Waals surface area contributed by atoms with E-state index in [1.165, 1.54) is 11.3 Å². The number of anilines is 1. The molecule has 1 amide bonds. The molecular formula is C18H17N3O3S. The van der Waals surface area contributed by atoms with Crippen LogP contribution in [0.25, 0.3) is 10.2 Å². The number of aryl methyl sites for hydroxylation is 1. The summed E-state index contributed by atoms with van der Waals surface area (Å²) in [5.41, 5.74) is 2.57. The minimum atomic E-state index is -0.257. The van der Waals surface area contributed by atoms with Crippen molar-refractivity contribution in [3.63, 3.8) is 0 Å². The number of carbonyl (C=O) groups excluding carboxylic acids is 1. The first-order chi connectivity index (χ1) is 12.0. The van der Waals surface area contributed by atoms with E-state index in [0.717, 1.165) is 27.4 Å². The van der Waals surface area contributed by atoms with Gasteiger partial charge < -0.3 is 18.9 Å². The van der Waals surface area contributed by atoms with Gasteiger partial charge in [0, 0.05) is 44.5 Å². The van der Waals surface area contributed by atoms with Gasteiger partial charge in [-0.15, -0.1) is 0 Å². The van der Waals surface area contributed by atoms with E-state index in [9.17, 15) is 4.79 Å². The van der Waals surface area contributed by atoms with Crippen molar-refractivity contribution in [3.8, 4) is 11.5 Å². The van der Waals surface area contributed by atoms with Crippen molar-refractivity contribution in [2.45, 2.75) is 0 Å². The van der Waals surface area contributed by atoms with Crippen molar-refractivity contribution in [1.29, 1.82) is 0 Å². The molecule has 1 aliphatic heterocycles. The number of nitrogens with zero attached hydrogens (tertiary/aromatic N) is 3. The number of hydrogen-bond acceptors (Lipinski definition) is 5. The molecule has 0 aliphatic carbocycles. The lowest BCUT2D eigenvalue weighted by Crippen LogP contribution is -2.13. The van der Waals surface area contributed by atoms with Gasteiger partial charge in [-0.05, 0) is 24.3 Å². The highest BCUT2D eigenvalue weighted by molar-refractivity contribution is 7.16. The summed E-state index contributed by atoms with van der Waals surface area (Å²) < 4.78 is 13.7. The molecular weight excluding hydrogens is 338 g/mol. The Bertz CT molecular complexity index is 1030. The van der Waals surface area contributed by atoms with Crippen LogP contribution in [0.3, 0.4) is 0 Å². The summed E-state index contributed by atoms with van der Waals surface area (Å²) in [7, 11) is 5.81. The molecule has 3 aromatic rings. The second kappa shape index (κ2) is 5.93. The number of amides is 1. The van der Waals surface area contributed by atoms with Gasteiger partial charge in [0.1, 0.15) is 0 Å². The second-order valence-electron chi connectivity index (χ2n) is 5.98. The molecule has 1 aromatic heterocycles. The summed E-state index contributed by atoms with van der Waals surface area (Å²) in [6.07, 6.45) is 0. The Labute approximate surface area is 148 Å². The molecule has 2 aromatic carbocycles. The Hall–Kier alpha value is -2.80. The second-order valence-corrected chi connectivity index (χ2v) is 6.98. The summed E-state index contributed by atoms with van der Waals surface area (Å²) in [6.45, 7) is 0.245. The minimum absolute atomic E-state index is 0.245. The van der Waals surface area contributed by atoms with Gasteiger partial charge in [-0.1, -0.05) is 11.3 Å². The molecule has 1 aliphatic rings. The van der Waals surface area contributed by atoms with Gasteiger partial charge >= 0.3 is 0 Å². The van der Waals surface area contributed by atoms with Crippen LogP contribution in [0.15, 0.2) is 41.4 Å². The summed E-state index contributed by atoms with van der Waals surface area (Å²) in [6, 6.07) is 11.3. The average Bonchev–Trinajstić information content (AvgIpc) is 3.18. The predicted molar refractivity (Wildman–Crippen MR) is 97.6 cm³/mol. The predicted octanol–water partition coefficient (Wildman–Crippen LogP) is 2.78. The van der Waals surface area contributed by atoms with Gasteiger partial charge in [-0.25, -0.2) is 0 Å². The molecule has 0 radical (unpaired) electrons. The maximum Gasteiger partial charge on any atom is 0.279 e. The highest BCUT2D eigenvalue weighted by atomic mass is 32.1. The van der Waals surface area contributed by atoms with E-state index in [1.54, 1.807) is 12.1 Å². The molecule has 6 nitrogen and oxygen atoms in total. The summed E-state index contributed by atoms with van der Waals surface area (Å²) in [4.78, 5) is 19.4. The summed E-state index contributed by atoms with van der Waals surface area (Å²) in [5.74, 6) is 1.19. The maximum absolute atomic E-state index is 12.5. The van der Waals surface area contributed by atoms with Gasteiger partial charge in [0.25, 0.3) is 5.91 Å². The molecule has 0 atom stereocenters. The first-order valence-corrected chi connectivity index (χ1v) is 8.60. The van der Waals surface area contributed by atoms with Crippen LogP contribution in [0.1, 0.15) is 10.4 Å². The highest BCUT2D eigenvalue weighted by Crippen LogP contribution is 2.36. The van der Waals surface area contributed by atoms with Gasteiger partial charge in [-0.2, -0.15) is 4.99 Å². The number of fused-ring (bicyclic) bond motifs is 2. The Morgan fingerprint density at radius 3 is 2.52 bits per heavy atom. The van der Waals surface area contributed by atoms with E-state index in [0.29, 0.717) is 10.4 Å². The normalized spacial score (nSPS) is 13.5. The van der Waals surface area contributed by atoms with E-state index in [4.69, 9.17) is 9.47 Å². The van der Waals surface area contributed by atoms with E-state index in [1.807, 2.05) is 54.9 Å². The van der Waals surface area contributed by atoms with Crippen molar-refractivity contribution < 1.29 is 14.3 Å². The number of thiazole rings is 1. The van der Waals surface area contributed by atoms with Crippen molar-refractivity contribution in [3.05, 3.63) is 46.8 Å². The number of rotatable bonds is 2. The fraction of sp³-hybridized carbons (Fsp3) is 0.222. The average molecular weight is 355 g/mol. The molecule has 7 heteroatoms. The summed E-state index contributed by atoms with van der Waals surface area (Å²) >= 11 is 1.45. The van der Waals surface area contributed by atoms with Crippen molar-refractivity contribution >= 4 is 33.1 Å². The summed E-state index contributed by atoms with van der Waals surface area (Å²) in [5, 5.41) is 0. The van der Waals surface area contributed by atoms with Crippen LogP contribution in [-0.4, -0.2) is 31.4 Å². The van der Waals surface area contributed by atoms with E-state index in [2.05, 4.69) is 4.99 Å². The zero-order valence-electron chi connectivity index (χ0n) is 14.1. The van der Waals surface area contributed by atoms with Gasteiger partial charge in [0.15, 0.2) is 16.3 Å². The Morgan fingerprint density at radius 2 is 1.84 bits per heavy atom. The Kier molecular flexibility index (Phi) is 3.73. The lowest BCUT2D eigenvalue weighted by Gasteiger charge is -2.11. The standard InChI is InChI=1S/C18H17N3O3S/c1-20(2)12-6-4-11(5-7-12)17(22)19-18-21(3)13-8-14-15(24-10-23-14)9-16(13)25-18/h4-9H,10H2,1-3H3. The van der Waals surface area contributed by atoms with Gasteiger partial charge in [0.05, 0.1) is 10.2 Å². The van der Waals surface area contributed by atoms with Gasteiger partial charge in [0.2, 0.25) is 6.79 Å². The first kappa shape index (κ1) is 15.7. The number of aromatic nitrogens is 1. The van der Waals surface area contributed by atoms with Crippen LogP contribution in [0.2, 0.25) is 0 Å². The van der Waals surface area contributed by atoms with Crippen LogP contribution in [0, 0.1) is 0 Å². The smallest absolute Gasteiger partial charge is 0.279 e. The molecule has 0 saturated heterocycles. The number of benzene rings is 2. The topological polar surface area (TPSA) is 56.1 Å². The molecule has 0 fully saturated rings. The molecule has 25 heavy (non-hydrogen) atoms. The number of carbonyl (C=O) groups is 1. The lowest BCUT2D eigenvalue weighted by molar-refractivity contribution is 0.0998. The van der Waals surface area contributed by atoms with Crippen molar-refractivity contribution in [2.75, 3.05) is 25.8 Å². The SMILES string of the molecule is CN(C)c1ccc(C(=O)N=c2sc3cc4c(cc3n2C)OCO4)cc1. The Morgan fingerprint density at radius 1 is 1.16 bits per heavy atom. The largest absolute Gasteiger partial charge is 0.454 e. The molecule has 0 N–H and O–H groups in total. The Balaban J connectivity index is 1.73. The van der Waals surface area contributed by atoms with E-state index >= 15 is 0 Å². The van der Waals surface area contributed by atoms with Crippen molar-refractivity contribution in [1.82, 2.24) is 4.57 Å². The first-order valence-electron chi connectivity index (χ1n) is 7.78. The minimum Gasteiger partial charge on any atom is -0.454 e. The van der Waals surface area contributed by atoms with Gasteiger partial charge in [-0.3, -0.25) is 4.79 Å². The molecule has 0 bridgehead atoms. The van der Waals surface area contributed by atoms with Crippen LogP contribution in [0.4, 0.5) is 5.69 Å². The zero-order chi connectivity index (χ0) is 17.6. The molecule has 2 heterocycles. The number of ether oxygens (including phenoxy) is 2. The van der Waals surface area contributed by atoms with Crippen LogP contribution < -0.4 is 19.2 Å². The maximum atomic E-state index is 12.5. The molecule has 128 valence electrons. The monoisotopic (exact) mass is 355 g/mol. The van der Waals surface area contributed by atoms with E-state index in [-0.39, 0.29) is 12.7 Å². The molecule has 0 spiro atoms. The van der Waals surface area contributed by atoms with Crippen LogP contribution in [-0.2, 0) is 7.05 Å². The third-order valence-corrected chi connectivity index (χ3v) is 5.23. The third-order valence-electron chi connectivity index (χ3n) is 4.13. The molecule has 0 saturated carbocycles.